The van der Waals surface area contributed by atoms with E-state index in [4.69, 9.17) is 4.42 Å². The van der Waals surface area contributed by atoms with Crippen molar-refractivity contribution in [2.45, 2.75) is 19.5 Å². The van der Waals surface area contributed by atoms with Crippen molar-refractivity contribution in [3.63, 3.8) is 0 Å². The Labute approximate surface area is 158 Å². The van der Waals surface area contributed by atoms with Gasteiger partial charge in [0.25, 0.3) is 0 Å². The highest BCUT2D eigenvalue weighted by Crippen LogP contribution is 2.23. The smallest absolute Gasteiger partial charge is 0.247 e. The molecular weight excluding hydrogens is 334 g/mol. The predicted molar refractivity (Wildman–Crippen MR) is 106 cm³/mol. The molecule has 1 N–H and O–H groups in total. The fourth-order valence-corrected chi connectivity index (χ4v) is 3.13. The molecule has 0 aliphatic carbocycles. The molecule has 0 unspecified atom stereocenters. The van der Waals surface area contributed by atoms with E-state index in [9.17, 15) is 0 Å². The van der Waals surface area contributed by atoms with E-state index in [1.807, 2.05) is 43.3 Å². The van der Waals surface area contributed by atoms with E-state index in [2.05, 4.69) is 64.0 Å². The number of aromatic nitrogens is 2. The molecule has 4 rings (SSSR count). The summed E-state index contributed by atoms with van der Waals surface area (Å²) in [4.78, 5) is 0. The van der Waals surface area contributed by atoms with Crippen LogP contribution >= 0.6 is 0 Å². The highest BCUT2D eigenvalue weighted by Gasteiger charge is 2.15. The number of aryl methyl sites for hydroxylation is 1. The lowest BCUT2D eigenvalue weighted by atomic mass is 9.99. The highest BCUT2D eigenvalue weighted by atomic mass is 16.4. The third kappa shape index (κ3) is 4.13. The van der Waals surface area contributed by atoms with E-state index >= 15 is 0 Å². The molecule has 1 heterocycles. The summed E-state index contributed by atoms with van der Waals surface area (Å²) in [5.41, 5.74) is 4.50. The molecule has 0 fully saturated rings. The van der Waals surface area contributed by atoms with Crippen molar-refractivity contribution >= 4 is 0 Å². The Morgan fingerprint density at radius 3 is 2.11 bits per heavy atom. The molecule has 0 spiro atoms. The lowest BCUT2D eigenvalue weighted by Crippen LogP contribution is -2.22. The first-order valence-electron chi connectivity index (χ1n) is 9.02. The van der Waals surface area contributed by atoms with Crippen molar-refractivity contribution in [3.05, 3.63) is 108 Å². The van der Waals surface area contributed by atoms with Gasteiger partial charge in [-0.25, -0.2) is 0 Å². The van der Waals surface area contributed by atoms with Crippen molar-refractivity contribution in [1.82, 2.24) is 15.5 Å². The van der Waals surface area contributed by atoms with Crippen molar-refractivity contribution in [2.75, 3.05) is 0 Å². The molecule has 4 heteroatoms. The fraction of sp³-hybridized carbons (Fsp3) is 0.130. The lowest BCUT2D eigenvalue weighted by molar-refractivity contribution is 0.462. The van der Waals surface area contributed by atoms with E-state index in [1.54, 1.807) is 0 Å². The Morgan fingerprint density at radius 2 is 1.48 bits per heavy atom. The molecule has 3 aromatic carbocycles. The first-order chi connectivity index (χ1) is 13.3. The molecular formula is C23H21N3O. The number of rotatable bonds is 6. The SMILES string of the molecule is Cc1cccc(-c2nnc(CNC(c3ccccc3)c3ccccc3)o2)c1. The van der Waals surface area contributed by atoms with Crippen LogP contribution in [0.2, 0.25) is 0 Å². The number of nitrogens with zero attached hydrogens (tertiary/aromatic N) is 2. The number of hydrogen-bond acceptors (Lipinski definition) is 4. The maximum atomic E-state index is 5.86. The van der Waals surface area contributed by atoms with Crippen LogP contribution in [0.3, 0.4) is 0 Å². The minimum Gasteiger partial charge on any atom is -0.419 e. The van der Waals surface area contributed by atoms with Crippen LogP contribution < -0.4 is 5.32 Å². The van der Waals surface area contributed by atoms with Crippen molar-refractivity contribution in [1.29, 1.82) is 0 Å². The first kappa shape index (κ1) is 17.2. The van der Waals surface area contributed by atoms with Crippen molar-refractivity contribution in [2.24, 2.45) is 0 Å². The molecule has 27 heavy (non-hydrogen) atoms. The maximum absolute atomic E-state index is 5.86. The summed E-state index contributed by atoms with van der Waals surface area (Å²) >= 11 is 0. The molecule has 0 amide bonds. The van der Waals surface area contributed by atoms with E-state index in [-0.39, 0.29) is 6.04 Å². The van der Waals surface area contributed by atoms with Gasteiger partial charge in [0, 0.05) is 5.56 Å². The summed E-state index contributed by atoms with van der Waals surface area (Å²) in [6.45, 7) is 2.54. The molecule has 0 saturated heterocycles. The molecule has 4 aromatic rings. The molecule has 4 nitrogen and oxygen atoms in total. The van der Waals surface area contributed by atoms with Gasteiger partial charge in [-0.2, -0.15) is 0 Å². The topological polar surface area (TPSA) is 51.0 Å². The summed E-state index contributed by atoms with van der Waals surface area (Å²) in [7, 11) is 0. The lowest BCUT2D eigenvalue weighted by Gasteiger charge is -2.19. The summed E-state index contributed by atoms with van der Waals surface area (Å²) in [5, 5.41) is 11.9. The Morgan fingerprint density at radius 1 is 0.815 bits per heavy atom. The average molecular weight is 355 g/mol. The second-order valence-corrected chi connectivity index (χ2v) is 6.51. The van der Waals surface area contributed by atoms with Crippen LogP contribution in [0.1, 0.15) is 28.6 Å². The van der Waals surface area contributed by atoms with Crippen LogP contribution in [-0.4, -0.2) is 10.2 Å². The zero-order chi connectivity index (χ0) is 18.5. The molecule has 0 aliphatic rings. The highest BCUT2D eigenvalue weighted by molar-refractivity contribution is 5.53. The van der Waals surface area contributed by atoms with Gasteiger partial charge in [-0.05, 0) is 30.2 Å². The predicted octanol–water partition coefficient (Wildman–Crippen LogP) is 4.92. The van der Waals surface area contributed by atoms with E-state index in [0.29, 0.717) is 18.3 Å². The van der Waals surface area contributed by atoms with Gasteiger partial charge in [-0.15, -0.1) is 10.2 Å². The van der Waals surface area contributed by atoms with Gasteiger partial charge in [0.2, 0.25) is 11.8 Å². The summed E-state index contributed by atoms with van der Waals surface area (Å²) < 4.78 is 5.86. The van der Waals surface area contributed by atoms with Gasteiger partial charge in [-0.3, -0.25) is 5.32 Å². The first-order valence-corrected chi connectivity index (χ1v) is 9.02. The number of benzene rings is 3. The second-order valence-electron chi connectivity index (χ2n) is 6.51. The maximum Gasteiger partial charge on any atom is 0.247 e. The number of hydrogen-bond donors (Lipinski definition) is 1. The molecule has 134 valence electrons. The normalized spacial score (nSPS) is 11.0. The Balaban J connectivity index is 1.53. The number of nitrogens with one attached hydrogen (secondary N) is 1. The fourth-order valence-electron chi connectivity index (χ4n) is 3.13. The van der Waals surface area contributed by atoms with Gasteiger partial charge in [-0.1, -0.05) is 78.4 Å². The molecule has 0 aliphatic heterocycles. The van der Waals surface area contributed by atoms with E-state index in [1.165, 1.54) is 16.7 Å². The van der Waals surface area contributed by atoms with Gasteiger partial charge in [0.1, 0.15) is 0 Å². The quantitative estimate of drug-likeness (QED) is 0.533. The third-order valence-electron chi connectivity index (χ3n) is 4.46. The Kier molecular flexibility index (Phi) is 5.08. The molecule has 1 aromatic heterocycles. The van der Waals surface area contributed by atoms with Crippen LogP contribution in [-0.2, 0) is 6.54 Å². The largest absolute Gasteiger partial charge is 0.419 e. The van der Waals surface area contributed by atoms with E-state index < -0.39 is 0 Å². The van der Waals surface area contributed by atoms with Crippen molar-refractivity contribution in [3.8, 4) is 11.5 Å². The Bertz CT molecular complexity index is 957. The standard InChI is InChI=1S/C23H21N3O/c1-17-9-8-14-20(15-17)23-26-25-21(27-23)16-24-22(18-10-4-2-5-11-18)19-12-6-3-7-13-19/h2-15,22,24H,16H2,1H3. The van der Waals surface area contributed by atoms with Crippen LogP contribution in [0.15, 0.2) is 89.3 Å². The zero-order valence-electron chi connectivity index (χ0n) is 15.2. The van der Waals surface area contributed by atoms with Crippen molar-refractivity contribution < 1.29 is 4.42 Å². The van der Waals surface area contributed by atoms with Crippen LogP contribution in [0.4, 0.5) is 0 Å². The molecule has 0 saturated carbocycles. The van der Waals surface area contributed by atoms with E-state index in [0.717, 1.165) is 5.56 Å². The van der Waals surface area contributed by atoms with Gasteiger partial charge in [0.05, 0.1) is 12.6 Å². The van der Waals surface area contributed by atoms with Gasteiger partial charge in [0.15, 0.2) is 0 Å². The van der Waals surface area contributed by atoms with Crippen LogP contribution in [0, 0.1) is 6.92 Å². The summed E-state index contributed by atoms with van der Waals surface area (Å²) in [5.74, 6) is 1.12. The second kappa shape index (κ2) is 7.98. The molecule has 0 bridgehead atoms. The Hall–Kier alpha value is -3.24. The molecule has 0 atom stereocenters. The summed E-state index contributed by atoms with van der Waals surface area (Å²) in [6, 6.07) is 28.9. The van der Waals surface area contributed by atoms with Gasteiger partial charge >= 0.3 is 0 Å². The zero-order valence-corrected chi connectivity index (χ0v) is 15.2. The minimum atomic E-state index is 0.0571. The van der Waals surface area contributed by atoms with Crippen LogP contribution in [0.25, 0.3) is 11.5 Å². The van der Waals surface area contributed by atoms with Crippen LogP contribution in [0.5, 0.6) is 0 Å². The summed E-state index contributed by atoms with van der Waals surface area (Å²) in [6.07, 6.45) is 0. The molecule has 0 radical (unpaired) electrons. The minimum absolute atomic E-state index is 0.0571. The third-order valence-corrected chi connectivity index (χ3v) is 4.46. The monoisotopic (exact) mass is 355 g/mol. The average Bonchev–Trinajstić information content (AvgIpc) is 3.19. The van der Waals surface area contributed by atoms with Gasteiger partial charge < -0.3 is 4.42 Å².